The first-order valence-electron chi connectivity index (χ1n) is 7.76. The minimum Gasteiger partial charge on any atom is -0.444 e. The van der Waals surface area contributed by atoms with Crippen LogP contribution in [0.5, 0.6) is 0 Å². The van der Waals surface area contributed by atoms with E-state index >= 15 is 0 Å². The fraction of sp³-hybridized carbons (Fsp3) is 0.214. The van der Waals surface area contributed by atoms with Crippen molar-refractivity contribution in [1.29, 1.82) is 0 Å². The number of carbonyl (C=O) groups is 2. The maximum Gasteiger partial charge on any atom is 0.422 e. The quantitative estimate of drug-likeness (QED) is 0.184. The lowest BCUT2D eigenvalue weighted by molar-refractivity contribution is -0.384. The first kappa shape index (κ1) is 22.5. The van der Waals surface area contributed by atoms with E-state index in [4.69, 9.17) is 4.74 Å². The second-order valence-corrected chi connectivity index (χ2v) is 8.37. The topological polar surface area (TPSA) is 170 Å². The number of nitro benzene ring substituents is 1. The molecule has 12 nitrogen and oxygen atoms in total. The Morgan fingerprint density at radius 3 is 2.52 bits per heavy atom. The summed E-state index contributed by atoms with van der Waals surface area (Å²) in [7, 11) is -4.21. The number of hydrogen-bond acceptors (Lipinski definition) is 10. The van der Waals surface area contributed by atoms with Gasteiger partial charge in [-0.05, 0) is 17.7 Å². The maximum atomic E-state index is 11.8. The highest BCUT2D eigenvalue weighted by atomic mass is 32.2. The van der Waals surface area contributed by atoms with Crippen LogP contribution in [0.1, 0.15) is 16.1 Å². The third kappa shape index (κ3) is 7.30. The number of aromatic nitrogens is 1. The van der Waals surface area contributed by atoms with Gasteiger partial charge in [0.1, 0.15) is 6.61 Å². The number of rotatable bonds is 9. The number of ether oxygens (including phenoxy) is 1. The molecule has 0 radical (unpaired) electrons. The van der Waals surface area contributed by atoms with E-state index in [2.05, 4.69) is 27.7 Å². The molecule has 2 amide bonds. The number of nitro groups is 1. The summed E-state index contributed by atoms with van der Waals surface area (Å²) >= 11 is 5.25. The summed E-state index contributed by atoms with van der Waals surface area (Å²) < 4.78 is 32.4. The molecule has 1 aromatic heterocycles. The number of nitrogens with one attached hydrogen (secondary N) is 3. The zero-order valence-electron chi connectivity index (χ0n) is 14.5. The van der Waals surface area contributed by atoms with Crippen LogP contribution in [0.2, 0.25) is 0 Å². The van der Waals surface area contributed by atoms with Crippen molar-refractivity contribution in [3.63, 3.8) is 0 Å². The number of nitrogens with zero attached hydrogens (tertiary/aromatic N) is 2. The van der Waals surface area contributed by atoms with Gasteiger partial charge >= 0.3 is 16.3 Å². The maximum absolute atomic E-state index is 11.8. The largest absolute Gasteiger partial charge is 0.444 e. The van der Waals surface area contributed by atoms with Gasteiger partial charge in [-0.2, -0.15) is 13.1 Å². The van der Waals surface area contributed by atoms with Gasteiger partial charge < -0.3 is 10.1 Å². The zero-order chi connectivity index (χ0) is 21.4. The number of hydrogen-bond donors (Lipinski definition) is 4. The Bertz CT molecular complexity index is 991. The van der Waals surface area contributed by atoms with E-state index in [-0.39, 0.29) is 31.1 Å². The molecule has 3 N–H and O–H groups in total. The van der Waals surface area contributed by atoms with Crippen LogP contribution in [0.3, 0.4) is 0 Å². The van der Waals surface area contributed by atoms with Gasteiger partial charge in [0.2, 0.25) is 0 Å². The summed E-state index contributed by atoms with van der Waals surface area (Å²) in [5.41, 5.74) is 1.89. The molecule has 0 atom stereocenters. The van der Waals surface area contributed by atoms with Crippen molar-refractivity contribution in [3.8, 4) is 0 Å². The van der Waals surface area contributed by atoms with E-state index in [9.17, 15) is 28.1 Å². The molecule has 0 aliphatic heterocycles. The molecule has 0 saturated carbocycles. The Morgan fingerprint density at radius 2 is 1.93 bits per heavy atom. The average molecular weight is 462 g/mol. The number of benzene rings is 1. The van der Waals surface area contributed by atoms with Gasteiger partial charge in [0.05, 0.1) is 14.6 Å². The minimum absolute atomic E-state index is 0.0532. The fourth-order valence-corrected chi connectivity index (χ4v) is 3.42. The number of thiol groups is 1. The Kier molecular flexibility index (Phi) is 7.89. The van der Waals surface area contributed by atoms with Gasteiger partial charge in [-0.15, -0.1) is 24.0 Å². The van der Waals surface area contributed by atoms with Crippen LogP contribution in [0.4, 0.5) is 10.5 Å². The SMILES string of the molecule is O=C(NS(=O)(=O)NCCNC(=O)c1ncsc1S)OCc1ccc([N+](=O)[O-])cc1. The van der Waals surface area contributed by atoms with Crippen molar-refractivity contribution in [2.45, 2.75) is 10.8 Å². The van der Waals surface area contributed by atoms with Crippen LogP contribution in [-0.4, -0.2) is 43.4 Å². The highest BCUT2D eigenvalue weighted by Gasteiger charge is 2.16. The van der Waals surface area contributed by atoms with E-state index in [0.717, 1.165) is 0 Å². The van der Waals surface area contributed by atoms with E-state index in [1.54, 1.807) is 4.72 Å². The van der Waals surface area contributed by atoms with Gasteiger partial charge in [0, 0.05) is 25.2 Å². The van der Waals surface area contributed by atoms with Gasteiger partial charge in [0.15, 0.2) is 5.69 Å². The molecule has 29 heavy (non-hydrogen) atoms. The van der Waals surface area contributed by atoms with Crippen LogP contribution in [0.25, 0.3) is 0 Å². The second kappa shape index (κ2) is 10.1. The Morgan fingerprint density at radius 1 is 1.24 bits per heavy atom. The van der Waals surface area contributed by atoms with Crippen molar-refractivity contribution in [1.82, 2.24) is 19.7 Å². The summed E-state index contributed by atoms with van der Waals surface area (Å²) in [4.78, 5) is 37.2. The number of carbonyl (C=O) groups excluding carboxylic acids is 2. The first-order valence-corrected chi connectivity index (χ1v) is 10.6. The lowest BCUT2D eigenvalue weighted by Crippen LogP contribution is -2.43. The van der Waals surface area contributed by atoms with Gasteiger partial charge in [-0.3, -0.25) is 14.9 Å². The monoisotopic (exact) mass is 461 g/mol. The van der Waals surface area contributed by atoms with Crippen LogP contribution < -0.4 is 14.8 Å². The van der Waals surface area contributed by atoms with Crippen LogP contribution in [-0.2, 0) is 21.6 Å². The molecular weight excluding hydrogens is 446 g/mol. The molecule has 0 aliphatic carbocycles. The summed E-state index contributed by atoms with van der Waals surface area (Å²) in [6.07, 6.45) is -1.23. The molecule has 15 heteroatoms. The smallest absolute Gasteiger partial charge is 0.422 e. The molecule has 1 aromatic carbocycles. The molecule has 156 valence electrons. The second-order valence-electron chi connectivity index (χ2n) is 5.26. The van der Waals surface area contributed by atoms with Crippen molar-refractivity contribution in [3.05, 3.63) is 51.1 Å². The van der Waals surface area contributed by atoms with Crippen LogP contribution >= 0.6 is 24.0 Å². The summed E-state index contributed by atoms with van der Waals surface area (Å²) in [5.74, 6) is -0.508. The Hall–Kier alpha value is -2.75. The van der Waals surface area contributed by atoms with E-state index in [1.807, 2.05) is 0 Å². The zero-order valence-corrected chi connectivity index (χ0v) is 17.1. The highest BCUT2D eigenvalue weighted by molar-refractivity contribution is 7.88. The highest BCUT2D eigenvalue weighted by Crippen LogP contribution is 2.17. The van der Waals surface area contributed by atoms with Crippen molar-refractivity contribution in [2.24, 2.45) is 0 Å². The third-order valence-electron chi connectivity index (χ3n) is 3.20. The van der Waals surface area contributed by atoms with Crippen molar-refractivity contribution >= 4 is 51.9 Å². The molecule has 0 spiro atoms. The van der Waals surface area contributed by atoms with Crippen LogP contribution in [0, 0.1) is 10.1 Å². The molecular formula is C14H15N5O7S3. The summed E-state index contributed by atoms with van der Waals surface area (Å²) in [6, 6.07) is 5.20. The molecule has 0 unspecified atom stereocenters. The normalized spacial score (nSPS) is 10.9. The molecule has 0 bridgehead atoms. The average Bonchev–Trinajstić information content (AvgIpc) is 3.09. The lowest BCUT2D eigenvalue weighted by atomic mass is 10.2. The Balaban J connectivity index is 1.71. The van der Waals surface area contributed by atoms with Crippen molar-refractivity contribution < 1.29 is 27.7 Å². The third-order valence-corrected chi connectivity index (χ3v) is 5.38. The van der Waals surface area contributed by atoms with Crippen LogP contribution in [0.15, 0.2) is 34.0 Å². The molecule has 0 aliphatic rings. The number of non-ortho nitro benzene ring substituents is 1. The summed E-state index contributed by atoms with van der Waals surface area (Å²) in [5, 5.41) is 13.0. The molecule has 0 fully saturated rings. The van der Waals surface area contributed by atoms with Crippen molar-refractivity contribution in [2.75, 3.05) is 13.1 Å². The van der Waals surface area contributed by atoms with E-state index in [0.29, 0.717) is 9.77 Å². The van der Waals surface area contributed by atoms with Gasteiger partial charge in [-0.1, -0.05) is 0 Å². The predicted octanol–water partition coefficient (Wildman–Crippen LogP) is 0.831. The van der Waals surface area contributed by atoms with Gasteiger partial charge in [0.25, 0.3) is 11.6 Å². The number of amides is 2. The molecule has 2 aromatic rings. The predicted molar refractivity (Wildman–Crippen MR) is 105 cm³/mol. The fourth-order valence-electron chi connectivity index (χ4n) is 1.88. The number of thiazole rings is 1. The van der Waals surface area contributed by atoms with Gasteiger partial charge in [-0.25, -0.2) is 14.5 Å². The minimum atomic E-state index is -4.21. The molecule has 0 saturated heterocycles. The first-order chi connectivity index (χ1) is 13.7. The molecule has 2 rings (SSSR count). The Labute approximate surface area is 174 Å². The van der Waals surface area contributed by atoms with E-state index < -0.39 is 27.1 Å². The van der Waals surface area contributed by atoms with E-state index in [1.165, 1.54) is 41.1 Å². The lowest BCUT2D eigenvalue weighted by Gasteiger charge is -2.09. The summed E-state index contributed by atoms with van der Waals surface area (Å²) in [6.45, 7) is -0.528. The standard InChI is InChI=1S/C14H15N5O7S3/c20-12(11-13(27)28-8-16-11)15-5-6-17-29(24,25)18-14(21)26-7-9-1-3-10(4-2-9)19(22)23/h1-4,8,17,27H,5-7H2,(H,15,20)(H,18,21). The molecule has 1 heterocycles.